The number of nitro benzene ring substituents is 1. The number of rotatable bonds is 3. The number of ether oxygens (including phenoxy) is 1. The van der Waals surface area contributed by atoms with Crippen molar-refractivity contribution >= 4 is 23.0 Å². The maximum absolute atomic E-state index is 10.8. The second-order valence-corrected chi connectivity index (χ2v) is 5.59. The lowest BCUT2D eigenvalue weighted by atomic mass is 9.93. The smallest absolute Gasteiger partial charge is 0.288 e. The van der Waals surface area contributed by atoms with Crippen LogP contribution in [0.3, 0.4) is 0 Å². The number of anilines is 1. The molecule has 0 radical (unpaired) electrons. The summed E-state index contributed by atoms with van der Waals surface area (Å²) in [6.45, 7) is 6.64. The molecule has 6 heteroatoms. The minimum atomic E-state index is -0.470. The largest absolute Gasteiger partial charge is 0.377 e. The molecule has 104 valence electrons. The molecule has 0 spiro atoms. The highest BCUT2D eigenvalue weighted by Gasteiger charge is 2.37. The second-order valence-electron chi connectivity index (χ2n) is 5.18. The normalized spacial score (nSPS) is 26.4. The number of aryl methyl sites for hydroxylation is 1. The van der Waals surface area contributed by atoms with E-state index in [1.54, 1.807) is 6.07 Å². The number of hydrogen-bond acceptors (Lipinski definition) is 4. The molecule has 2 atom stereocenters. The van der Waals surface area contributed by atoms with Gasteiger partial charge in [-0.3, -0.25) is 10.1 Å². The van der Waals surface area contributed by atoms with Gasteiger partial charge in [-0.25, -0.2) is 0 Å². The van der Waals surface area contributed by atoms with Crippen LogP contribution in [0.1, 0.15) is 25.8 Å². The molecule has 1 aromatic carbocycles. The predicted octanol–water partition coefficient (Wildman–Crippen LogP) is 3.54. The minimum absolute atomic E-state index is 0.0643. The van der Waals surface area contributed by atoms with Gasteiger partial charge in [0.05, 0.1) is 16.6 Å². The molecule has 2 rings (SSSR count). The third-order valence-electron chi connectivity index (χ3n) is 3.80. The van der Waals surface area contributed by atoms with E-state index in [2.05, 4.69) is 12.2 Å². The number of nitrogens with zero attached hydrogens (tertiary/aromatic N) is 1. The summed E-state index contributed by atoms with van der Waals surface area (Å²) in [5, 5.41) is 14.4. The molecule has 0 aromatic heterocycles. The van der Waals surface area contributed by atoms with E-state index in [1.807, 2.05) is 13.8 Å². The summed E-state index contributed by atoms with van der Waals surface area (Å²) in [5.41, 5.74) is 1.38. The van der Waals surface area contributed by atoms with Crippen LogP contribution in [0.5, 0.6) is 0 Å². The SMILES string of the molecule is Cc1cc([N+](=O)[O-])c(Cl)cc1NC1(C)CCOC1C. The van der Waals surface area contributed by atoms with Crippen molar-refractivity contribution in [1.82, 2.24) is 0 Å². The molecule has 1 fully saturated rings. The topological polar surface area (TPSA) is 64.4 Å². The Labute approximate surface area is 117 Å². The molecule has 1 saturated heterocycles. The van der Waals surface area contributed by atoms with Crippen LogP contribution in [-0.2, 0) is 4.74 Å². The Morgan fingerprint density at radius 3 is 2.79 bits per heavy atom. The van der Waals surface area contributed by atoms with Crippen LogP contribution < -0.4 is 5.32 Å². The lowest BCUT2D eigenvalue weighted by molar-refractivity contribution is -0.384. The molecular formula is C13H17ClN2O3. The maximum Gasteiger partial charge on any atom is 0.288 e. The van der Waals surface area contributed by atoms with E-state index in [-0.39, 0.29) is 22.4 Å². The quantitative estimate of drug-likeness (QED) is 0.681. The zero-order valence-electron chi connectivity index (χ0n) is 11.2. The molecule has 0 bridgehead atoms. The molecule has 2 unspecified atom stereocenters. The highest BCUT2D eigenvalue weighted by molar-refractivity contribution is 6.33. The molecule has 1 aliphatic rings. The van der Waals surface area contributed by atoms with Crippen molar-refractivity contribution in [1.29, 1.82) is 0 Å². The summed E-state index contributed by atoms with van der Waals surface area (Å²) in [4.78, 5) is 10.4. The second kappa shape index (κ2) is 4.98. The van der Waals surface area contributed by atoms with Crippen molar-refractivity contribution in [2.24, 2.45) is 0 Å². The number of benzene rings is 1. The maximum atomic E-state index is 10.8. The van der Waals surface area contributed by atoms with E-state index < -0.39 is 4.92 Å². The van der Waals surface area contributed by atoms with Crippen LogP contribution in [0.2, 0.25) is 5.02 Å². The highest BCUT2D eigenvalue weighted by atomic mass is 35.5. The van der Waals surface area contributed by atoms with Gasteiger partial charge in [-0.15, -0.1) is 0 Å². The first-order valence-electron chi connectivity index (χ1n) is 6.18. The first-order valence-corrected chi connectivity index (χ1v) is 6.55. The summed E-state index contributed by atoms with van der Waals surface area (Å²) in [5.74, 6) is 0. The molecule has 1 N–H and O–H groups in total. The van der Waals surface area contributed by atoms with Gasteiger partial charge in [0, 0.05) is 18.4 Å². The first kappa shape index (κ1) is 14.1. The van der Waals surface area contributed by atoms with Crippen molar-refractivity contribution < 1.29 is 9.66 Å². The molecule has 1 aromatic rings. The Balaban J connectivity index is 2.31. The number of nitro groups is 1. The number of nitrogens with one attached hydrogen (secondary N) is 1. The van der Waals surface area contributed by atoms with Crippen molar-refractivity contribution in [3.8, 4) is 0 Å². The monoisotopic (exact) mass is 284 g/mol. The fraction of sp³-hybridized carbons (Fsp3) is 0.538. The summed E-state index contributed by atoms with van der Waals surface area (Å²) in [7, 11) is 0. The van der Waals surface area contributed by atoms with Crippen LogP contribution in [0.4, 0.5) is 11.4 Å². The Morgan fingerprint density at radius 2 is 2.26 bits per heavy atom. The lowest BCUT2D eigenvalue weighted by Gasteiger charge is -2.31. The van der Waals surface area contributed by atoms with Gasteiger partial charge in [-0.1, -0.05) is 11.6 Å². The van der Waals surface area contributed by atoms with E-state index in [0.717, 1.165) is 17.7 Å². The highest BCUT2D eigenvalue weighted by Crippen LogP contribution is 2.35. The zero-order chi connectivity index (χ0) is 14.2. The van der Waals surface area contributed by atoms with E-state index >= 15 is 0 Å². The van der Waals surface area contributed by atoms with Gasteiger partial charge in [0.1, 0.15) is 5.02 Å². The van der Waals surface area contributed by atoms with E-state index in [1.165, 1.54) is 6.07 Å². The number of halogens is 1. The summed E-state index contributed by atoms with van der Waals surface area (Å²) < 4.78 is 5.57. The molecule has 1 heterocycles. The van der Waals surface area contributed by atoms with E-state index in [4.69, 9.17) is 16.3 Å². The summed E-state index contributed by atoms with van der Waals surface area (Å²) >= 11 is 5.95. The molecule has 19 heavy (non-hydrogen) atoms. The first-order chi connectivity index (χ1) is 8.83. The van der Waals surface area contributed by atoms with Crippen molar-refractivity contribution in [3.05, 3.63) is 32.8 Å². The van der Waals surface area contributed by atoms with Gasteiger partial charge in [0.25, 0.3) is 5.69 Å². The average molecular weight is 285 g/mol. The van der Waals surface area contributed by atoms with Crippen LogP contribution in [0.25, 0.3) is 0 Å². The fourth-order valence-electron chi connectivity index (χ4n) is 2.25. The van der Waals surface area contributed by atoms with Crippen molar-refractivity contribution in [2.75, 3.05) is 11.9 Å². The molecular weight excluding hydrogens is 268 g/mol. The van der Waals surface area contributed by atoms with Crippen molar-refractivity contribution in [2.45, 2.75) is 38.8 Å². The third-order valence-corrected chi connectivity index (χ3v) is 4.10. The predicted molar refractivity (Wildman–Crippen MR) is 74.9 cm³/mol. The van der Waals surface area contributed by atoms with E-state index in [0.29, 0.717) is 6.61 Å². The van der Waals surface area contributed by atoms with Crippen LogP contribution >= 0.6 is 11.6 Å². The molecule has 0 amide bonds. The Hall–Kier alpha value is -1.33. The van der Waals surface area contributed by atoms with Gasteiger partial charge < -0.3 is 10.1 Å². The van der Waals surface area contributed by atoms with Gasteiger partial charge in [0.15, 0.2) is 0 Å². The van der Waals surface area contributed by atoms with Gasteiger partial charge in [-0.05, 0) is 38.8 Å². The minimum Gasteiger partial charge on any atom is -0.377 e. The van der Waals surface area contributed by atoms with Crippen LogP contribution in [0, 0.1) is 17.0 Å². The van der Waals surface area contributed by atoms with Crippen molar-refractivity contribution in [3.63, 3.8) is 0 Å². The summed E-state index contributed by atoms with van der Waals surface area (Å²) in [6, 6.07) is 3.11. The third kappa shape index (κ3) is 2.67. The van der Waals surface area contributed by atoms with E-state index in [9.17, 15) is 10.1 Å². The zero-order valence-corrected chi connectivity index (χ0v) is 12.0. The molecule has 1 aliphatic heterocycles. The van der Waals surface area contributed by atoms with Gasteiger partial charge in [-0.2, -0.15) is 0 Å². The molecule has 0 saturated carbocycles. The van der Waals surface area contributed by atoms with Crippen LogP contribution in [-0.4, -0.2) is 23.2 Å². The lowest BCUT2D eigenvalue weighted by Crippen LogP contribution is -2.41. The molecule has 0 aliphatic carbocycles. The Morgan fingerprint density at radius 1 is 1.58 bits per heavy atom. The fourth-order valence-corrected chi connectivity index (χ4v) is 2.48. The Bertz CT molecular complexity index is 521. The average Bonchev–Trinajstić information content (AvgIpc) is 2.63. The Kier molecular flexibility index (Phi) is 3.69. The van der Waals surface area contributed by atoms with Gasteiger partial charge >= 0.3 is 0 Å². The van der Waals surface area contributed by atoms with Crippen LogP contribution in [0.15, 0.2) is 12.1 Å². The standard InChI is InChI=1S/C13H17ClN2O3/c1-8-6-12(16(17)18)10(14)7-11(8)15-13(3)4-5-19-9(13)2/h6-7,9,15H,4-5H2,1-3H3. The number of hydrogen-bond donors (Lipinski definition) is 1. The van der Waals surface area contributed by atoms with Gasteiger partial charge in [0.2, 0.25) is 0 Å². The molecule has 5 nitrogen and oxygen atoms in total. The summed E-state index contributed by atoms with van der Waals surface area (Å²) in [6.07, 6.45) is 0.975.